The van der Waals surface area contributed by atoms with Crippen LogP contribution in [0.4, 0.5) is 20.2 Å². The number of sulfonamides is 1. The lowest BCUT2D eigenvalue weighted by atomic mass is 10.3. The molecular formula is C16H11F2N5O3S. The molecule has 0 aliphatic carbocycles. The monoisotopic (exact) mass is 391 g/mol. The van der Waals surface area contributed by atoms with E-state index in [1.165, 1.54) is 22.4 Å². The fourth-order valence-corrected chi connectivity index (χ4v) is 3.80. The number of nitrogens with zero attached hydrogens (tertiary/aromatic N) is 4. The van der Waals surface area contributed by atoms with Crippen molar-refractivity contribution in [3.8, 4) is 0 Å². The van der Waals surface area contributed by atoms with Gasteiger partial charge in [-0.1, -0.05) is 12.1 Å². The number of carbonyl (C=O) groups is 1. The maximum atomic E-state index is 13.7. The van der Waals surface area contributed by atoms with E-state index in [1.54, 1.807) is 18.2 Å². The zero-order valence-electron chi connectivity index (χ0n) is 13.5. The quantitative estimate of drug-likeness (QED) is 0.860. The largest absolute Gasteiger partial charge is 0.322 e. The summed E-state index contributed by atoms with van der Waals surface area (Å²) in [6, 6.07) is 8.83. The van der Waals surface area contributed by atoms with Gasteiger partial charge in [-0.05, 0) is 24.3 Å². The number of fused-ring (bicyclic) bond motifs is 3. The lowest BCUT2D eigenvalue weighted by Crippen LogP contribution is -2.46. The van der Waals surface area contributed by atoms with E-state index in [1.807, 2.05) is 0 Å². The zero-order valence-corrected chi connectivity index (χ0v) is 14.3. The molecule has 2 heterocycles. The smallest absolute Gasteiger partial charge is 0.287 e. The number of anilines is 2. The van der Waals surface area contributed by atoms with E-state index in [0.717, 1.165) is 18.2 Å². The number of amides is 1. The number of benzene rings is 2. The number of carbonyl (C=O) groups excluding carboxylic acids is 1. The fraction of sp³-hybridized carbons (Fsp3) is 0.0625. The van der Waals surface area contributed by atoms with Crippen LogP contribution in [0.2, 0.25) is 0 Å². The van der Waals surface area contributed by atoms with Gasteiger partial charge >= 0.3 is 0 Å². The second kappa shape index (κ2) is 6.13. The summed E-state index contributed by atoms with van der Waals surface area (Å²) in [5.74, 6) is -2.24. The van der Waals surface area contributed by atoms with Crippen LogP contribution in [0.15, 0.2) is 56.8 Å². The van der Waals surface area contributed by atoms with Crippen LogP contribution in [0.3, 0.4) is 0 Å². The van der Waals surface area contributed by atoms with Gasteiger partial charge in [0.1, 0.15) is 29.4 Å². The molecule has 27 heavy (non-hydrogen) atoms. The van der Waals surface area contributed by atoms with Crippen molar-refractivity contribution in [3.05, 3.63) is 54.1 Å². The van der Waals surface area contributed by atoms with Gasteiger partial charge in [0.05, 0.1) is 11.4 Å². The van der Waals surface area contributed by atoms with E-state index in [2.05, 4.69) is 14.7 Å². The molecule has 2 aliphatic rings. The number of hydrogen-bond acceptors (Lipinski definition) is 6. The van der Waals surface area contributed by atoms with Gasteiger partial charge in [-0.15, -0.1) is 4.40 Å². The summed E-state index contributed by atoms with van der Waals surface area (Å²) in [6.45, 7) is -0.327. The minimum Gasteiger partial charge on any atom is -0.322 e. The van der Waals surface area contributed by atoms with Crippen molar-refractivity contribution < 1.29 is 22.0 Å². The molecule has 0 saturated heterocycles. The zero-order chi connectivity index (χ0) is 19.2. The number of para-hydroxylation sites is 1. The average molecular weight is 391 g/mol. The van der Waals surface area contributed by atoms with Crippen molar-refractivity contribution in [2.24, 2.45) is 9.39 Å². The Labute approximate surface area is 152 Å². The Hall–Kier alpha value is -3.34. The van der Waals surface area contributed by atoms with Gasteiger partial charge in [0.25, 0.3) is 16.0 Å². The number of hydrazine groups is 1. The maximum absolute atomic E-state index is 13.7. The molecule has 0 atom stereocenters. The third-order valence-electron chi connectivity index (χ3n) is 3.83. The Morgan fingerprint density at radius 2 is 1.93 bits per heavy atom. The van der Waals surface area contributed by atoms with Crippen molar-refractivity contribution in [2.45, 2.75) is 4.90 Å². The Bertz CT molecular complexity index is 1120. The molecule has 2 aromatic carbocycles. The third kappa shape index (κ3) is 3.01. The Morgan fingerprint density at radius 3 is 2.74 bits per heavy atom. The predicted octanol–water partition coefficient (Wildman–Crippen LogP) is 1.73. The molecule has 11 heteroatoms. The summed E-state index contributed by atoms with van der Waals surface area (Å²) in [7, 11) is -3.89. The molecule has 8 nitrogen and oxygen atoms in total. The molecule has 0 saturated carbocycles. The van der Waals surface area contributed by atoms with E-state index in [9.17, 15) is 22.0 Å². The van der Waals surface area contributed by atoms with Gasteiger partial charge in [0.15, 0.2) is 0 Å². The highest BCUT2D eigenvalue weighted by Gasteiger charge is 2.36. The van der Waals surface area contributed by atoms with Crippen LogP contribution in [0.25, 0.3) is 0 Å². The number of halogens is 2. The Balaban J connectivity index is 1.59. The summed E-state index contributed by atoms with van der Waals surface area (Å²) in [6.07, 6.45) is 1.23. The normalized spacial score (nSPS) is 16.6. The molecule has 0 bridgehead atoms. The molecular weight excluding hydrogens is 380 g/mol. The highest BCUT2D eigenvalue weighted by Crippen LogP contribution is 2.33. The van der Waals surface area contributed by atoms with Gasteiger partial charge in [-0.25, -0.2) is 13.8 Å². The number of guanidine groups is 1. The first-order valence-electron chi connectivity index (χ1n) is 7.65. The molecule has 1 N–H and O–H groups in total. The summed E-state index contributed by atoms with van der Waals surface area (Å²) < 4.78 is 54.9. The van der Waals surface area contributed by atoms with Crippen molar-refractivity contribution in [2.75, 3.05) is 16.9 Å². The standard InChI is InChI=1S/C16H11F2N5O3S/c17-10-5-6-11(18)12(7-10)20-15(24)8-22-9-19-16-21-27(25,26)14-4-2-1-3-13(14)23(16)22/h1-7,9H,8H2,(H,20,24). The first kappa shape index (κ1) is 17.1. The molecule has 4 rings (SSSR count). The molecule has 0 spiro atoms. The van der Waals surface area contributed by atoms with Gasteiger partial charge in [-0.2, -0.15) is 13.4 Å². The lowest BCUT2D eigenvalue weighted by molar-refractivity contribution is -0.116. The molecule has 0 unspecified atom stereocenters. The third-order valence-corrected chi connectivity index (χ3v) is 5.14. The van der Waals surface area contributed by atoms with Crippen LogP contribution in [0.5, 0.6) is 0 Å². The minimum atomic E-state index is -3.89. The van der Waals surface area contributed by atoms with E-state index in [-0.39, 0.29) is 28.8 Å². The van der Waals surface area contributed by atoms with Crippen molar-refractivity contribution in [3.63, 3.8) is 0 Å². The van der Waals surface area contributed by atoms with Crippen LogP contribution < -0.4 is 10.3 Å². The van der Waals surface area contributed by atoms with Crippen LogP contribution in [0.1, 0.15) is 0 Å². The van der Waals surface area contributed by atoms with Crippen LogP contribution >= 0.6 is 0 Å². The molecule has 2 aromatic rings. The van der Waals surface area contributed by atoms with E-state index < -0.39 is 27.6 Å². The van der Waals surface area contributed by atoms with E-state index in [0.29, 0.717) is 0 Å². The van der Waals surface area contributed by atoms with Crippen molar-refractivity contribution in [1.82, 2.24) is 5.01 Å². The SMILES string of the molecule is O=C(CN1C=NC2=NS(=O)(=O)c3ccccc3N21)Nc1cc(F)ccc1F. The summed E-state index contributed by atoms with van der Waals surface area (Å²) in [5.41, 5.74) is -0.0172. The topological polar surface area (TPSA) is 94.4 Å². The lowest BCUT2D eigenvalue weighted by Gasteiger charge is -2.31. The van der Waals surface area contributed by atoms with Crippen molar-refractivity contribution >= 4 is 39.6 Å². The maximum Gasteiger partial charge on any atom is 0.287 e. The molecule has 2 aliphatic heterocycles. The number of hydrogen-bond donors (Lipinski definition) is 1. The van der Waals surface area contributed by atoms with Gasteiger partial charge in [0, 0.05) is 6.07 Å². The Kier molecular flexibility index (Phi) is 3.88. The number of nitrogens with one attached hydrogen (secondary N) is 1. The van der Waals surface area contributed by atoms with Crippen molar-refractivity contribution in [1.29, 1.82) is 0 Å². The van der Waals surface area contributed by atoms with Gasteiger partial charge in [0.2, 0.25) is 5.91 Å². The highest BCUT2D eigenvalue weighted by atomic mass is 32.2. The first-order chi connectivity index (χ1) is 12.8. The molecule has 0 fully saturated rings. The second-order valence-corrected chi connectivity index (χ2v) is 7.23. The fourth-order valence-electron chi connectivity index (χ4n) is 2.70. The highest BCUT2D eigenvalue weighted by molar-refractivity contribution is 7.90. The number of rotatable bonds is 3. The van der Waals surface area contributed by atoms with E-state index >= 15 is 0 Å². The van der Waals surface area contributed by atoms with Gasteiger partial charge in [-0.3, -0.25) is 9.80 Å². The number of aliphatic imine (C=N–C) groups is 1. The molecule has 138 valence electrons. The summed E-state index contributed by atoms with van der Waals surface area (Å²) in [5, 5.41) is 4.95. The van der Waals surface area contributed by atoms with Crippen LogP contribution in [0, 0.1) is 11.6 Å². The molecule has 1 amide bonds. The average Bonchev–Trinajstić information content (AvgIpc) is 3.00. The Morgan fingerprint density at radius 1 is 1.15 bits per heavy atom. The second-order valence-electron chi connectivity index (χ2n) is 5.66. The molecule has 0 aromatic heterocycles. The summed E-state index contributed by atoms with van der Waals surface area (Å²) in [4.78, 5) is 16.1. The van der Waals surface area contributed by atoms with Crippen LogP contribution in [-0.4, -0.2) is 38.2 Å². The predicted molar refractivity (Wildman–Crippen MR) is 93.7 cm³/mol. The van der Waals surface area contributed by atoms with Gasteiger partial charge < -0.3 is 5.32 Å². The molecule has 0 radical (unpaired) electrons. The minimum absolute atomic E-state index is 0.0270. The first-order valence-corrected chi connectivity index (χ1v) is 9.09. The summed E-state index contributed by atoms with van der Waals surface area (Å²) >= 11 is 0. The van der Waals surface area contributed by atoms with Crippen LogP contribution in [-0.2, 0) is 14.8 Å². The van der Waals surface area contributed by atoms with E-state index in [4.69, 9.17) is 0 Å².